The van der Waals surface area contributed by atoms with Gasteiger partial charge in [-0.3, -0.25) is 29.9 Å². The molecule has 4 amide bonds. The van der Waals surface area contributed by atoms with E-state index in [2.05, 4.69) is 10.2 Å². The third-order valence-corrected chi connectivity index (χ3v) is 6.32. The number of fused-ring (bicyclic) bond motifs is 4. The van der Waals surface area contributed by atoms with E-state index in [1.165, 1.54) is 12.1 Å². The highest BCUT2D eigenvalue weighted by Gasteiger charge is 2.61. The van der Waals surface area contributed by atoms with Crippen molar-refractivity contribution in [1.82, 2.24) is 10.2 Å². The van der Waals surface area contributed by atoms with Crippen LogP contribution in [0.5, 0.6) is 0 Å². The van der Waals surface area contributed by atoms with Crippen LogP contribution in [0.2, 0.25) is 0 Å². The van der Waals surface area contributed by atoms with Crippen LogP contribution in [-0.2, 0) is 16.0 Å². The van der Waals surface area contributed by atoms with Crippen LogP contribution in [0.4, 0.5) is 16.2 Å². The van der Waals surface area contributed by atoms with Crippen LogP contribution in [0, 0.1) is 15.5 Å². The number of nitro benzene ring substituents is 1. The van der Waals surface area contributed by atoms with Crippen LogP contribution in [0.1, 0.15) is 44.6 Å². The van der Waals surface area contributed by atoms with Gasteiger partial charge >= 0.3 is 6.03 Å². The highest BCUT2D eigenvalue weighted by Crippen LogP contribution is 2.47. The Labute approximate surface area is 168 Å². The number of carbonyl (C=O) groups is 3. The van der Waals surface area contributed by atoms with Crippen molar-refractivity contribution < 1.29 is 19.3 Å². The first kappa shape index (κ1) is 19.4. The molecule has 0 bridgehead atoms. The first-order chi connectivity index (χ1) is 13.9. The number of imide groups is 2. The fraction of sp³-hybridized carbons (Fsp3) is 0.550. The molecule has 2 saturated heterocycles. The maximum atomic E-state index is 13.6. The molecular formula is C20H24N4O5. The second-order valence-electron chi connectivity index (χ2n) is 7.99. The maximum Gasteiger partial charge on any atom is 0.330 e. The fourth-order valence-electron chi connectivity index (χ4n) is 5.02. The number of barbiturate groups is 1. The number of nitrogens with one attached hydrogen (secondary N) is 1. The van der Waals surface area contributed by atoms with Crippen molar-refractivity contribution in [2.45, 2.75) is 51.5 Å². The first-order valence-electron chi connectivity index (χ1n) is 10.1. The van der Waals surface area contributed by atoms with E-state index in [-0.39, 0.29) is 24.7 Å². The summed E-state index contributed by atoms with van der Waals surface area (Å²) in [6.07, 6.45) is 4.08. The molecule has 0 aromatic heterocycles. The number of rotatable bonds is 3. The van der Waals surface area contributed by atoms with Crippen molar-refractivity contribution in [2.75, 3.05) is 18.0 Å². The molecule has 29 heavy (non-hydrogen) atoms. The molecule has 4 rings (SSSR count). The summed E-state index contributed by atoms with van der Waals surface area (Å²) >= 11 is 0. The lowest BCUT2D eigenvalue weighted by molar-refractivity contribution is -0.384. The molecule has 0 aliphatic carbocycles. The maximum absolute atomic E-state index is 13.6. The zero-order chi connectivity index (χ0) is 20.8. The number of carbonyl (C=O) groups excluding carboxylic acids is 3. The Bertz CT molecular complexity index is 901. The fourth-order valence-corrected chi connectivity index (χ4v) is 5.02. The van der Waals surface area contributed by atoms with Crippen LogP contribution < -0.4 is 10.2 Å². The SMILES string of the molecule is CCCN1C(=O)NC(=O)[C@]2(Cc3cc([N+](=O)[O-])ccc3N3CCCCC[C@@H]32)C1=O. The predicted octanol–water partition coefficient (Wildman–Crippen LogP) is 2.37. The molecule has 0 saturated carbocycles. The molecule has 0 radical (unpaired) electrons. The Morgan fingerprint density at radius 2 is 2.03 bits per heavy atom. The average Bonchev–Trinajstić information content (AvgIpc) is 2.95. The van der Waals surface area contributed by atoms with Crippen molar-refractivity contribution in [3.63, 3.8) is 0 Å². The molecule has 9 nitrogen and oxygen atoms in total. The van der Waals surface area contributed by atoms with Gasteiger partial charge in [0.05, 0.1) is 11.0 Å². The molecule has 1 spiro atoms. The molecule has 3 heterocycles. The predicted molar refractivity (Wildman–Crippen MR) is 104 cm³/mol. The van der Waals surface area contributed by atoms with E-state index >= 15 is 0 Å². The highest BCUT2D eigenvalue weighted by atomic mass is 16.6. The van der Waals surface area contributed by atoms with Crippen LogP contribution in [0.3, 0.4) is 0 Å². The largest absolute Gasteiger partial charge is 0.367 e. The van der Waals surface area contributed by atoms with E-state index < -0.39 is 28.2 Å². The summed E-state index contributed by atoms with van der Waals surface area (Å²) in [5, 5.41) is 13.7. The van der Waals surface area contributed by atoms with Gasteiger partial charge < -0.3 is 4.90 Å². The lowest BCUT2D eigenvalue weighted by Crippen LogP contribution is -2.72. The first-order valence-corrected chi connectivity index (χ1v) is 10.1. The molecule has 3 aliphatic heterocycles. The molecule has 1 aromatic carbocycles. The number of nitro groups is 1. The van der Waals surface area contributed by atoms with Gasteiger partial charge in [-0.1, -0.05) is 19.8 Å². The molecule has 0 unspecified atom stereocenters. The van der Waals surface area contributed by atoms with Crippen molar-refractivity contribution in [2.24, 2.45) is 5.41 Å². The van der Waals surface area contributed by atoms with E-state index in [0.29, 0.717) is 24.9 Å². The monoisotopic (exact) mass is 400 g/mol. The zero-order valence-corrected chi connectivity index (χ0v) is 16.3. The van der Waals surface area contributed by atoms with E-state index in [9.17, 15) is 24.5 Å². The molecule has 1 aromatic rings. The number of anilines is 1. The Morgan fingerprint density at radius 1 is 1.24 bits per heavy atom. The van der Waals surface area contributed by atoms with Crippen molar-refractivity contribution in [3.8, 4) is 0 Å². The topological polar surface area (TPSA) is 113 Å². The van der Waals surface area contributed by atoms with Crippen LogP contribution in [0.15, 0.2) is 18.2 Å². The number of amides is 4. The van der Waals surface area contributed by atoms with Gasteiger partial charge in [0.15, 0.2) is 5.41 Å². The van der Waals surface area contributed by atoms with Crippen molar-refractivity contribution in [3.05, 3.63) is 33.9 Å². The Kier molecular flexibility index (Phi) is 4.76. The Hall–Kier alpha value is -2.97. The van der Waals surface area contributed by atoms with E-state index in [1.807, 2.05) is 6.92 Å². The molecule has 1 N–H and O–H groups in total. The highest BCUT2D eigenvalue weighted by molar-refractivity contribution is 6.20. The summed E-state index contributed by atoms with van der Waals surface area (Å²) in [5.74, 6) is -1.07. The van der Waals surface area contributed by atoms with Crippen molar-refractivity contribution >= 4 is 29.2 Å². The second-order valence-corrected chi connectivity index (χ2v) is 7.99. The average molecular weight is 400 g/mol. The van der Waals surface area contributed by atoms with Gasteiger partial charge in [-0.25, -0.2) is 4.79 Å². The van der Waals surface area contributed by atoms with Crippen LogP contribution >= 0.6 is 0 Å². The number of hydrogen-bond acceptors (Lipinski definition) is 6. The van der Waals surface area contributed by atoms with Crippen LogP contribution in [-0.4, -0.2) is 46.8 Å². The van der Waals surface area contributed by atoms with Crippen LogP contribution in [0.25, 0.3) is 0 Å². The summed E-state index contributed by atoms with van der Waals surface area (Å²) in [5.41, 5.74) is -0.0769. The van der Waals surface area contributed by atoms with Gasteiger partial charge in [0, 0.05) is 37.3 Å². The van der Waals surface area contributed by atoms with Gasteiger partial charge in [0.1, 0.15) is 0 Å². The molecule has 2 atom stereocenters. The summed E-state index contributed by atoms with van der Waals surface area (Å²) in [4.78, 5) is 53.1. The Morgan fingerprint density at radius 3 is 2.76 bits per heavy atom. The second kappa shape index (κ2) is 7.13. The van der Waals surface area contributed by atoms with Crippen molar-refractivity contribution in [1.29, 1.82) is 0 Å². The smallest absolute Gasteiger partial charge is 0.330 e. The summed E-state index contributed by atoms with van der Waals surface area (Å²) in [6.45, 7) is 2.76. The molecule has 3 aliphatic rings. The summed E-state index contributed by atoms with van der Waals surface area (Å²) < 4.78 is 0. The third kappa shape index (κ3) is 2.87. The number of non-ortho nitro benzene ring substituents is 1. The van der Waals surface area contributed by atoms with Gasteiger partial charge in [0.25, 0.3) is 5.69 Å². The molecule has 154 valence electrons. The van der Waals surface area contributed by atoms with E-state index in [1.54, 1.807) is 6.07 Å². The lowest BCUT2D eigenvalue weighted by atomic mass is 9.67. The number of hydrogen-bond donors (Lipinski definition) is 1. The van der Waals surface area contributed by atoms with Gasteiger partial charge in [-0.05, 0) is 30.9 Å². The zero-order valence-electron chi connectivity index (χ0n) is 16.3. The normalized spacial score (nSPS) is 26.7. The van der Waals surface area contributed by atoms with E-state index in [4.69, 9.17) is 0 Å². The number of urea groups is 1. The molecular weight excluding hydrogens is 376 g/mol. The lowest BCUT2D eigenvalue weighted by Gasteiger charge is -2.51. The minimum atomic E-state index is -1.45. The minimum absolute atomic E-state index is 0.0589. The van der Waals surface area contributed by atoms with Gasteiger partial charge in [-0.15, -0.1) is 0 Å². The number of benzene rings is 1. The van der Waals surface area contributed by atoms with E-state index in [0.717, 1.165) is 29.8 Å². The van der Waals surface area contributed by atoms with Gasteiger partial charge in [-0.2, -0.15) is 0 Å². The summed E-state index contributed by atoms with van der Waals surface area (Å²) in [7, 11) is 0. The number of nitrogens with zero attached hydrogens (tertiary/aromatic N) is 3. The standard InChI is InChI=1S/C20H24N4O5/c1-2-9-23-18(26)20(17(25)21-19(23)27)12-13-11-14(24(28)29)7-8-15(13)22-10-5-3-4-6-16(20)22/h7-8,11,16H,2-6,9-10,12H2,1H3,(H,21,25,27)/t16-,20-/m1/s1. The minimum Gasteiger partial charge on any atom is -0.367 e. The quantitative estimate of drug-likeness (QED) is 0.473. The molecule has 9 heteroatoms. The third-order valence-electron chi connectivity index (χ3n) is 6.32. The Balaban J connectivity index is 1.88. The van der Waals surface area contributed by atoms with Gasteiger partial charge in [0.2, 0.25) is 11.8 Å². The summed E-state index contributed by atoms with van der Waals surface area (Å²) in [6, 6.07) is 3.59. The molecule has 2 fully saturated rings.